The summed E-state index contributed by atoms with van der Waals surface area (Å²) in [7, 11) is 0. The van der Waals surface area contributed by atoms with E-state index in [1.54, 1.807) is 30.5 Å². The fourth-order valence-electron chi connectivity index (χ4n) is 2.48. The molecule has 2 aromatic carbocycles. The van der Waals surface area contributed by atoms with Gasteiger partial charge in [0.05, 0.1) is 6.42 Å². The van der Waals surface area contributed by atoms with Crippen molar-refractivity contribution in [2.24, 2.45) is 0 Å². The van der Waals surface area contributed by atoms with Gasteiger partial charge in [-0.25, -0.2) is 4.98 Å². The van der Waals surface area contributed by atoms with E-state index in [2.05, 4.69) is 20.9 Å². The Morgan fingerprint density at radius 2 is 1.67 bits per heavy atom. The third-order valence-electron chi connectivity index (χ3n) is 3.70. The Balaban J connectivity index is 1.47. The third-order valence-corrected chi connectivity index (χ3v) is 4.43. The Hall–Kier alpha value is -3.19. The fraction of sp³-hybridized carbons (Fsp3) is 0.150. The van der Waals surface area contributed by atoms with Crippen LogP contribution in [-0.2, 0) is 16.0 Å². The minimum atomic E-state index is -0.105. The molecule has 27 heavy (non-hydrogen) atoms. The van der Waals surface area contributed by atoms with Crippen LogP contribution in [0.5, 0.6) is 0 Å². The summed E-state index contributed by atoms with van der Waals surface area (Å²) >= 11 is 1.49. The molecule has 0 radical (unpaired) electrons. The SMILES string of the molecule is O=C(CCNc1nccs1)Nc1cccc(NC(=O)Cc2ccccc2)c1. The molecule has 138 valence electrons. The largest absolute Gasteiger partial charge is 0.361 e. The number of rotatable bonds is 8. The highest BCUT2D eigenvalue weighted by Gasteiger charge is 2.06. The summed E-state index contributed by atoms with van der Waals surface area (Å²) in [4.78, 5) is 28.3. The van der Waals surface area contributed by atoms with Gasteiger partial charge in [0.25, 0.3) is 0 Å². The smallest absolute Gasteiger partial charge is 0.228 e. The average Bonchev–Trinajstić information content (AvgIpc) is 3.16. The van der Waals surface area contributed by atoms with Gasteiger partial charge in [0.2, 0.25) is 11.8 Å². The van der Waals surface area contributed by atoms with Crippen LogP contribution in [0, 0.1) is 0 Å². The molecule has 2 amide bonds. The number of nitrogens with zero attached hydrogens (tertiary/aromatic N) is 1. The van der Waals surface area contributed by atoms with E-state index in [1.807, 2.05) is 35.7 Å². The van der Waals surface area contributed by atoms with Gasteiger partial charge in [-0.2, -0.15) is 0 Å². The first kappa shape index (κ1) is 18.6. The van der Waals surface area contributed by atoms with Crippen LogP contribution in [0.3, 0.4) is 0 Å². The maximum Gasteiger partial charge on any atom is 0.228 e. The maximum atomic E-state index is 12.2. The van der Waals surface area contributed by atoms with Crippen molar-refractivity contribution in [3.8, 4) is 0 Å². The number of carbonyl (C=O) groups excluding carboxylic acids is 2. The number of hydrogen-bond donors (Lipinski definition) is 3. The van der Waals surface area contributed by atoms with Crippen LogP contribution >= 0.6 is 11.3 Å². The van der Waals surface area contributed by atoms with E-state index in [0.29, 0.717) is 30.8 Å². The maximum absolute atomic E-state index is 12.2. The Morgan fingerprint density at radius 1 is 0.926 bits per heavy atom. The monoisotopic (exact) mass is 380 g/mol. The lowest BCUT2D eigenvalue weighted by Gasteiger charge is -2.09. The molecule has 0 saturated carbocycles. The fourth-order valence-corrected chi connectivity index (χ4v) is 3.04. The minimum Gasteiger partial charge on any atom is -0.361 e. The normalized spacial score (nSPS) is 10.2. The van der Waals surface area contributed by atoms with Crippen molar-refractivity contribution >= 4 is 39.7 Å². The average molecular weight is 380 g/mol. The molecule has 6 nitrogen and oxygen atoms in total. The van der Waals surface area contributed by atoms with Crippen molar-refractivity contribution in [1.29, 1.82) is 0 Å². The van der Waals surface area contributed by atoms with Crippen molar-refractivity contribution < 1.29 is 9.59 Å². The van der Waals surface area contributed by atoms with Gasteiger partial charge in [0.1, 0.15) is 0 Å². The number of benzene rings is 2. The molecule has 0 aliphatic rings. The first-order valence-electron chi connectivity index (χ1n) is 8.56. The number of nitrogens with one attached hydrogen (secondary N) is 3. The number of hydrogen-bond acceptors (Lipinski definition) is 5. The van der Waals surface area contributed by atoms with Crippen LogP contribution in [0.2, 0.25) is 0 Å². The zero-order valence-electron chi connectivity index (χ0n) is 14.6. The highest BCUT2D eigenvalue weighted by Crippen LogP contribution is 2.16. The lowest BCUT2D eigenvalue weighted by atomic mass is 10.1. The molecule has 3 rings (SSSR count). The van der Waals surface area contributed by atoms with Crippen LogP contribution in [0.1, 0.15) is 12.0 Å². The molecule has 0 aliphatic heterocycles. The van der Waals surface area contributed by atoms with Crippen molar-refractivity contribution in [3.63, 3.8) is 0 Å². The van der Waals surface area contributed by atoms with Crippen LogP contribution in [0.15, 0.2) is 66.2 Å². The van der Waals surface area contributed by atoms with E-state index in [-0.39, 0.29) is 11.8 Å². The Morgan fingerprint density at radius 3 is 2.37 bits per heavy atom. The van der Waals surface area contributed by atoms with Gasteiger partial charge < -0.3 is 16.0 Å². The van der Waals surface area contributed by atoms with Gasteiger partial charge in [0.15, 0.2) is 5.13 Å². The predicted octanol–water partition coefficient (Wildman–Crippen LogP) is 3.77. The molecule has 0 spiro atoms. The minimum absolute atomic E-state index is 0.0997. The molecule has 1 aromatic heterocycles. The molecule has 7 heteroatoms. The first-order valence-corrected chi connectivity index (χ1v) is 9.44. The third kappa shape index (κ3) is 6.23. The highest BCUT2D eigenvalue weighted by molar-refractivity contribution is 7.13. The number of carbonyl (C=O) groups is 2. The van der Waals surface area contributed by atoms with Gasteiger partial charge in [-0.3, -0.25) is 9.59 Å². The van der Waals surface area contributed by atoms with Crippen molar-refractivity contribution in [1.82, 2.24) is 4.98 Å². The molecule has 0 aliphatic carbocycles. The van der Waals surface area contributed by atoms with E-state index < -0.39 is 0 Å². The van der Waals surface area contributed by atoms with Gasteiger partial charge in [-0.05, 0) is 23.8 Å². The van der Waals surface area contributed by atoms with Gasteiger partial charge >= 0.3 is 0 Å². The lowest BCUT2D eigenvalue weighted by Crippen LogP contribution is -2.17. The molecule has 0 saturated heterocycles. The molecular formula is C20H20N4O2S. The van der Waals surface area contributed by atoms with Crippen molar-refractivity contribution in [2.75, 3.05) is 22.5 Å². The summed E-state index contributed by atoms with van der Waals surface area (Å²) < 4.78 is 0. The van der Waals surface area contributed by atoms with Crippen LogP contribution in [0.25, 0.3) is 0 Å². The molecule has 0 fully saturated rings. The summed E-state index contributed by atoms with van der Waals surface area (Å²) in [6.07, 6.45) is 2.34. The summed E-state index contributed by atoms with van der Waals surface area (Å²) in [5.74, 6) is -0.204. The number of amides is 2. The van der Waals surface area contributed by atoms with E-state index >= 15 is 0 Å². The van der Waals surface area contributed by atoms with Crippen LogP contribution in [0.4, 0.5) is 16.5 Å². The zero-order chi connectivity index (χ0) is 18.9. The summed E-state index contributed by atoms with van der Waals surface area (Å²) in [5, 5.41) is 11.5. The van der Waals surface area contributed by atoms with Crippen LogP contribution < -0.4 is 16.0 Å². The standard InChI is InChI=1S/C20H20N4O2S/c25-18(9-10-21-20-22-11-12-27-20)23-16-7-4-8-17(14-16)24-19(26)13-15-5-2-1-3-6-15/h1-8,11-12,14H,9-10,13H2,(H,21,22)(H,23,25)(H,24,26). The topological polar surface area (TPSA) is 83.1 Å². The lowest BCUT2D eigenvalue weighted by molar-refractivity contribution is -0.116. The zero-order valence-corrected chi connectivity index (χ0v) is 15.5. The second-order valence-electron chi connectivity index (χ2n) is 5.85. The second kappa shape index (κ2) is 9.49. The van der Waals surface area contributed by atoms with Crippen molar-refractivity contribution in [2.45, 2.75) is 12.8 Å². The number of aromatic nitrogens is 1. The van der Waals surface area contributed by atoms with E-state index in [0.717, 1.165) is 10.7 Å². The molecule has 3 N–H and O–H groups in total. The van der Waals surface area contributed by atoms with Crippen LogP contribution in [-0.4, -0.2) is 23.3 Å². The predicted molar refractivity (Wildman–Crippen MR) is 109 cm³/mol. The molecule has 1 heterocycles. The molecule has 0 unspecified atom stereocenters. The Labute approximate surface area is 161 Å². The number of thiazole rings is 1. The summed E-state index contributed by atoms with van der Waals surface area (Å²) in [6, 6.07) is 16.7. The van der Waals surface area contributed by atoms with Gasteiger partial charge in [-0.15, -0.1) is 11.3 Å². The van der Waals surface area contributed by atoms with E-state index in [4.69, 9.17) is 0 Å². The molecule has 3 aromatic rings. The van der Waals surface area contributed by atoms with Crippen molar-refractivity contribution in [3.05, 3.63) is 71.7 Å². The van der Waals surface area contributed by atoms with E-state index in [9.17, 15) is 9.59 Å². The van der Waals surface area contributed by atoms with E-state index in [1.165, 1.54) is 11.3 Å². The Kier molecular flexibility index (Phi) is 6.54. The molecule has 0 atom stereocenters. The second-order valence-corrected chi connectivity index (χ2v) is 6.75. The first-order chi connectivity index (χ1) is 13.2. The van der Waals surface area contributed by atoms with Gasteiger partial charge in [-0.1, -0.05) is 36.4 Å². The summed E-state index contributed by atoms with van der Waals surface area (Å²) in [6.45, 7) is 0.507. The number of anilines is 3. The molecule has 0 bridgehead atoms. The molecular weight excluding hydrogens is 360 g/mol. The summed E-state index contributed by atoms with van der Waals surface area (Å²) in [5.41, 5.74) is 2.24. The highest BCUT2D eigenvalue weighted by atomic mass is 32.1. The quantitative estimate of drug-likeness (QED) is 0.556. The van der Waals surface area contributed by atoms with Gasteiger partial charge in [0, 0.05) is 35.9 Å². The Bertz CT molecular complexity index is 882.